The Kier molecular flexibility index (Phi) is 3.47. The minimum atomic E-state index is -0.955. The number of carbonyl (C=O) groups is 2. The molecule has 1 aliphatic rings. The molecule has 84 valence electrons. The average molecular weight is 213 g/mol. The van der Waals surface area contributed by atoms with Gasteiger partial charge in [0.2, 0.25) is 6.23 Å². The van der Waals surface area contributed by atoms with E-state index in [2.05, 4.69) is 0 Å². The summed E-state index contributed by atoms with van der Waals surface area (Å²) in [5.41, 5.74) is 0.527. The molecule has 0 radical (unpaired) electrons. The summed E-state index contributed by atoms with van der Waals surface area (Å²) in [5.74, 6) is -0.794. The van der Waals surface area contributed by atoms with Crippen LogP contribution in [0.5, 0.6) is 0 Å². The third kappa shape index (κ3) is 2.79. The molecule has 0 saturated carbocycles. The van der Waals surface area contributed by atoms with Gasteiger partial charge in [0.25, 0.3) is 5.91 Å². The van der Waals surface area contributed by atoms with E-state index in [0.717, 1.165) is 0 Å². The van der Waals surface area contributed by atoms with Crippen molar-refractivity contribution < 1.29 is 19.5 Å². The minimum absolute atomic E-state index is 0.186. The molecule has 0 spiro atoms. The Morgan fingerprint density at radius 1 is 1.67 bits per heavy atom. The van der Waals surface area contributed by atoms with E-state index in [1.54, 1.807) is 6.92 Å². The van der Waals surface area contributed by atoms with E-state index in [0.29, 0.717) is 10.6 Å². The summed E-state index contributed by atoms with van der Waals surface area (Å²) in [4.78, 5) is 22.3. The average Bonchev–Trinajstić information content (AvgIpc) is 2.31. The molecule has 1 atom stereocenters. The van der Waals surface area contributed by atoms with Gasteiger partial charge in [-0.15, -0.1) is 0 Å². The number of rotatable bonds is 3. The van der Waals surface area contributed by atoms with Gasteiger partial charge in [0.05, 0.1) is 0 Å². The number of esters is 1. The van der Waals surface area contributed by atoms with Crippen LogP contribution >= 0.6 is 0 Å². The van der Waals surface area contributed by atoms with Crippen LogP contribution in [0.3, 0.4) is 0 Å². The van der Waals surface area contributed by atoms with Crippen LogP contribution in [-0.2, 0) is 14.3 Å². The smallest absolute Gasteiger partial charge is 0.308 e. The first kappa shape index (κ1) is 11.7. The predicted octanol–water partition coefficient (Wildman–Crippen LogP) is 1.08. The highest BCUT2D eigenvalue weighted by molar-refractivity contribution is 5.90. The second-order valence-electron chi connectivity index (χ2n) is 4.01. The Hall–Kier alpha value is -1.36. The van der Waals surface area contributed by atoms with Crippen LogP contribution in [-0.4, -0.2) is 28.4 Å². The highest BCUT2D eigenvalue weighted by Gasteiger charge is 2.32. The van der Waals surface area contributed by atoms with Crippen LogP contribution in [0.4, 0.5) is 0 Å². The standard InChI is InChI=1S/C10H15NO4/c1-6(2)4-9(13)15-10-7(3)5-8(12)11(10)14/h5-6,10,14H,4H2,1-3H3. The van der Waals surface area contributed by atoms with Gasteiger partial charge >= 0.3 is 5.97 Å². The zero-order valence-electron chi connectivity index (χ0n) is 9.06. The summed E-state index contributed by atoms with van der Waals surface area (Å²) in [6, 6.07) is 0. The van der Waals surface area contributed by atoms with Crippen LogP contribution < -0.4 is 0 Å². The van der Waals surface area contributed by atoms with Crippen LogP contribution in [0.25, 0.3) is 0 Å². The Bertz CT molecular complexity index is 309. The Morgan fingerprint density at radius 3 is 2.67 bits per heavy atom. The number of nitrogens with zero attached hydrogens (tertiary/aromatic N) is 1. The summed E-state index contributed by atoms with van der Waals surface area (Å²) >= 11 is 0. The fourth-order valence-corrected chi connectivity index (χ4v) is 1.29. The monoisotopic (exact) mass is 213 g/mol. The molecular formula is C10H15NO4. The van der Waals surface area contributed by atoms with Crippen LogP contribution in [0.2, 0.25) is 0 Å². The number of hydrogen-bond acceptors (Lipinski definition) is 4. The molecule has 1 rings (SSSR count). The molecule has 0 aliphatic carbocycles. The fraction of sp³-hybridized carbons (Fsp3) is 0.600. The molecule has 1 unspecified atom stereocenters. The van der Waals surface area contributed by atoms with Gasteiger partial charge in [-0.1, -0.05) is 13.8 Å². The van der Waals surface area contributed by atoms with Crippen LogP contribution in [0.15, 0.2) is 11.6 Å². The molecule has 1 amide bonds. The van der Waals surface area contributed by atoms with E-state index >= 15 is 0 Å². The Morgan fingerprint density at radius 2 is 2.27 bits per heavy atom. The maximum Gasteiger partial charge on any atom is 0.308 e. The van der Waals surface area contributed by atoms with Gasteiger partial charge in [0.1, 0.15) is 0 Å². The number of amides is 1. The van der Waals surface area contributed by atoms with Crippen molar-refractivity contribution in [2.24, 2.45) is 5.92 Å². The lowest BCUT2D eigenvalue weighted by atomic mass is 10.1. The largest absolute Gasteiger partial charge is 0.435 e. The lowest BCUT2D eigenvalue weighted by Gasteiger charge is -2.20. The third-order valence-electron chi connectivity index (χ3n) is 2.01. The van der Waals surface area contributed by atoms with Crippen molar-refractivity contribution in [3.63, 3.8) is 0 Å². The first-order valence-electron chi connectivity index (χ1n) is 4.81. The second kappa shape index (κ2) is 4.44. The van der Waals surface area contributed by atoms with Crippen molar-refractivity contribution in [3.8, 4) is 0 Å². The molecule has 15 heavy (non-hydrogen) atoms. The molecule has 0 aromatic rings. The summed E-state index contributed by atoms with van der Waals surface area (Å²) in [7, 11) is 0. The first-order chi connectivity index (χ1) is 6.91. The van der Waals surface area contributed by atoms with E-state index in [9.17, 15) is 14.8 Å². The van der Waals surface area contributed by atoms with Crippen LogP contribution in [0.1, 0.15) is 27.2 Å². The summed E-state index contributed by atoms with van der Waals surface area (Å²) < 4.78 is 4.96. The van der Waals surface area contributed by atoms with Crippen molar-refractivity contribution in [2.75, 3.05) is 0 Å². The van der Waals surface area contributed by atoms with Gasteiger partial charge in [-0.25, -0.2) is 0 Å². The molecule has 1 heterocycles. The summed E-state index contributed by atoms with van der Waals surface area (Å²) in [6.07, 6.45) is 0.558. The molecule has 1 N–H and O–H groups in total. The summed E-state index contributed by atoms with van der Waals surface area (Å²) in [6.45, 7) is 5.41. The van der Waals surface area contributed by atoms with Crippen molar-refractivity contribution in [1.29, 1.82) is 0 Å². The highest BCUT2D eigenvalue weighted by Crippen LogP contribution is 2.19. The van der Waals surface area contributed by atoms with Crippen molar-refractivity contribution in [1.82, 2.24) is 5.06 Å². The first-order valence-corrected chi connectivity index (χ1v) is 4.81. The molecule has 0 aromatic heterocycles. The maximum atomic E-state index is 11.3. The van der Waals surface area contributed by atoms with Crippen molar-refractivity contribution in [2.45, 2.75) is 33.4 Å². The topological polar surface area (TPSA) is 66.8 Å². The zero-order chi connectivity index (χ0) is 11.6. The molecule has 0 fully saturated rings. The predicted molar refractivity (Wildman–Crippen MR) is 51.7 cm³/mol. The van der Waals surface area contributed by atoms with E-state index < -0.39 is 18.1 Å². The van der Waals surface area contributed by atoms with E-state index in [1.807, 2.05) is 13.8 Å². The van der Waals surface area contributed by atoms with Crippen molar-refractivity contribution >= 4 is 11.9 Å². The number of hydroxylamine groups is 2. The zero-order valence-corrected chi connectivity index (χ0v) is 9.06. The van der Waals surface area contributed by atoms with Gasteiger partial charge in [0.15, 0.2) is 0 Å². The van der Waals surface area contributed by atoms with Gasteiger partial charge < -0.3 is 4.74 Å². The summed E-state index contributed by atoms with van der Waals surface area (Å²) in [5, 5.41) is 9.69. The van der Waals surface area contributed by atoms with E-state index in [4.69, 9.17) is 4.74 Å². The fourth-order valence-electron chi connectivity index (χ4n) is 1.29. The van der Waals surface area contributed by atoms with Crippen molar-refractivity contribution in [3.05, 3.63) is 11.6 Å². The van der Waals surface area contributed by atoms with Gasteiger partial charge in [-0.05, 0) is 18.4 Å². The lowest BCUT2D eigenvalue weighted by Crippen LogP contribution is -2.35. The van der Waals surface area contributed by atoms with E-state index in [-0.39, 0.29) is 12.3 Å². The third-order valence-corrected chi connectivity index (χ3v) is 2.01. The maximum absolute atomic E-state index is 11.3. The normalized spacial score (nSPS) is 20.9. The number of hydrogen-bond donors (Lipinski definition) is 1. The van der Waals surface area contributed by atoms with Crippen LogP contribution in [0, 0.1) is 5.92 Å². The molecule has 0 aromatic carbocycles. The second-order valence-corrected chi connectivity index (χ2v) is 4.01. The van der Waals surface area contributed by atoms with Gasteiger partial charge in [-0.3, -0.25) is 14.8 Å². The molecule has 1 aliphatic heterocycles. The van der Waals surface area contributed by atoms with Gasteiger partial charge in [-0.2, -0.15) is 5.06 Å². The lowest BCUT2D eigenvalue weighted by molar-refractivity contribution is -0.201. The minimum Gasteiger partial charge on any atom is -0.435 e. The number of carbonyl (C=O) groups excluding carboxylic acids is 2. The molecule has 5 nitrogen and oxygen atoms in total. The Balaban J connectivity index is 2.56. The number of ether oxygens (including phenoxy) is 1. The van der Waals surface area contributed by atoms with E-state index in [1.165, 1.54) is 6.08 Å². The quantitative estimate of drug-likeness (QED) is 0.562. The molecular weight excluding hydrogens is 198 g/mol. The molecule has 5 heteroatoms. The van der Waals surface area contributed by atoms with Gasteiger partial charge in [0, 0.05) is 12.5 Å². The highest BCUT2D eigenvalue weighted by atomic mass is 16.6. The Labute approximate surface area is 88.3 Å². The molecule has 0 bridgehead atoms. The SMILES string of the molecule is CC1=CC(=O)N(O)C1OC(=O)CC(C)C. The molecule has 0 saturated heterocycles.